The van der Waals surface area contributed by atoms with Crippen molar-refractivity contribution in [3.05, 3.63) is 54.1 Å². The van der Waals surface area contributed by atoms with Crippen molar-refractivity contribution < 1.29 is 4.79 Å². The van der Waals surface area contributed by atoms with E-state index in [9.17, 15) is 4.79 Å². The second kappa shape index (κ2) is 9.51. The molecule has 10 heteroatoms. The quantitative estimate of drug-likeness (QED) is 0.324. The van der Waals surface area contributed by atoms with Crippen molar-refractivity contribution >= 4 is 75.1 Å². The molecule has 170 valence electrons. The van der Waals surface area contributed by atoms with Gasteiger partial charge in [0.1, 0.15) is 0 Å². The normalized spacial score (nSPS) is 19.7. The van der Waals surface area contributed by atoms with E-state index in [1.165, 1.54) is 0 Å². The fourth-order valence-electron chi connectivity index (χ4n) is 4.16. The number of carbonyl (C=O) groups is 1. The first-order chi connectivity index (χ1) is 15.3. The number of rotatable bonds is 4. The van der Waals surface area contributed by atoms with Crippen molar-refractivity contribution in [1.29, 1.82) is 0 Å². The Balaban J connectivity index is 1.53. The van der Waals surface area contributed by atoms with Gasteiger partial charge in [-0.05, 0) is 48.8 Å². The maximum absolute atomic E-state index is 13.2. The van der Waals surface area contributed by atoms with Crippen molar-refractivity contribution in [3.63, 3.8) is 0 Å². The van der Waals surface area contributed by atoms with Crippen LogP contribution in [0.15, 0.2) is 48.5 Å². The molecule has 0 radical (unpaired) electrons. The summed E-state index contributed by atoms with van der Waals surface area (Å²) in [6.45, 7) is 1.74. The van der Waals surface area contributed by atoms with E-state index in [1.54, 1.807) is 4.90 Å². The van der Waals surface area contributed by atoms with Crippen LogP contribution in [0.25, 0.3) is 0 Å². The van der Waals surface area contributed by atoms with Crippen LogP contribution >= 0.6 is 47.0 Å². The predicted molar refractivity (Wildman–Crippen MR) is 136 cm³/mol. The predicted octanol–water partition coefficient (Wildman–Crippen LogP) is 4.16. The minimum atomic E-state index is -1.79. The number of anilines is 3. The van der Waals surface area contributed by atoms with Gasteiger partial charge in [0, 0.05) is 25.3 Å². The van der Waals surface area contributed by atoms with E-state index in [0.29, 0.717) is 36.9 Å². The molecule has 0 bridgehead atoms. The fraction of sp³-hybridized carbons (Fsp3) is 0.364. The Hall–Kier alpha value is -1.93. The van der Waals surface area contributed by atoms with E-state index >= 15 is 0 Å². The number of nitrogens with one attached hydrogen (secondary N) is 2. The molecule has 2 unspecified atom stereocenters. The van der Waals surface area contributed by atoms with Gasteiger partial charge in [-0.1, -0.05) is 65.1 Å². The van der Waals surface area contributed by atoms with Crippen LogP contribution in [-0.4, -0.2) is 45.5 Å². The number of fused-ring (bicyclic) bond motifs is 1. The van der Waals surface area contributed by atoms with Crippen LogP contribution in [0.2, 0.25) is 0 Å². The number of hydrogen-bond acceptors (Lipinski definition) is 4. The molecule has 6 nitrogen and oxygen atoms in total. The second-order valence-corrected chi connectivity index (χ2v) is 10.7. The van der Waals surface area contributed by atoms with Gasteiger partial charge >= 0.3 is 0 Å². The van der Waals surface area contributed by atoms with Crippen molar-refractivity contribution in [1.82, 2.24) is 10.2 Å². The summed E-state index contributed by atoms with van der Waals surface area (Å²) in [7, 11) is 0. The monoisotopic (exact) mass is 511 g/mol. The molecule has 2 aliphatic rings. The van der Waals surface area contributed by atoms with Crippen LogP contribution in [0, 0.1) is 5.92 Å². The second-order valence-electron chi connectivity index (χ2n) is 7.93. The molecular formula is C22H24Cl3N5OS. The number of halogens is 3. The van der Waals surface area contributed by atoms with Gasteiger partial charge in [0.25, 0.3) is 0 Å². The van der Waals surface area contributed by atoms with Crippen molar-refractivity contribution in [2.75, 3.05) is 35.6 Å². The molecule has 2 aliphatic heterocycles. The molecule has 1 saturated heterocycles. The summed E-state index contributed by atoms with van der Waals surface area (Å²) in [6, 6.07) is 15.4. The third-order valence-electron chi connectivity index (χ3n) is 5.78. The van der Waals surface area contributed by atoms with Gasteiger partial charge in [-0.25, -0.2) is 0 Å². The van der Waals surface area contributed by atoms with Gasteiger partial charge < -0.3 is 26.2 Å². The van der Waals surface area contributed by atoms with Crippen LogP contribution in [0.1, 0.15) is 12.0 Å². The summed E-state index contributed by atoms with van der Waals surface area (Å²) in [5, 5.41) is 6.71. The average molecular weight is 513 g/mol. The Kier molecular flexibility index (Phi) is 6.91. The third kappa shape index (κ3) is 4.86. The van der Waals surface area contributed by atoms with Crippen LogP contribution in [-0.2, 0) is 11.2 Å². The minimum Gasteiger partial charge on any atom is -0.397 e. The maximum Gasteiger partial charge on any atom is 0.228 e. The van der Waals surface area contributed by atoms with Gasteiger partial charge in [-0.15, -0.1) is 0 Å². The number of carbonyl (C=O) groups excluding carboxylic acids is 1. The Morgan fingerprint density at radius 3 is 2.62 bits per heavy atom. The molecule has 0 aromatic heterocycles. The number of nitrogens with two attached hydrogens (primary N) is 1. The summed E-state index contributed by atoms with van der Waals surface area (Å²) >= 11 is 24.8. The number of amides is 1. The number of thiocarbonyl (C=S) groups is 1. The molecule has 0 spiro atoms. The average Bonchev–Trinajstić information content (AvgIpc) is 2.77. The Morgan fingerprint density at radius 1 is 1.16 bits per heavy atom. The first kappa shape index (κ1) is 23.2. The highest BCUT2D eigenvalue weighted by molar-refractivity contribution is 7.80. The third-order valence-corrected chi connectivity index (χ3v) is 6.85. The molecule has 2 atom stereocenters. The molecule has 1 fully saturated rings. The van der Waals surface area contributed by atoms with E-state index in [4.69, 9.17) is 52.8 Å². The number of hydrogen-bond donors (Lipinski definition) is 3. The Labute approximate surface area is 208 Å². The van der Waals surface area contributed by atoms with Crippen LogP contribution in [0.5, 0.6) is 0 Å². The molecule has 2 aromatic carbocycles. The molecular weight excluding hydrogens is 489 g/mol. The molecule has 0 aliphatic carbocycles. The summed E-state index contributed by atoms with van der Waals surface area (Å²) in [5.74, 6) is -0.485. The number of alkyl halides is 3. The van der Waals surface area contributed by atoms with Crippen molar-refractivity contribution in [3.8, 4) is 0 Å². The van der Waals surface area contributed by atoms with Gasteiger partial charge in [0.2, 0.25) is 9.70 Å². The van der Waals surface area contributed by atoms with Crippen molar-refractivity contribution in [2.45, 2.75) is 22.8 Å². The largest absolute Gasteiger partial charge is 0.397 e. The highest BCUT2D eigenvalue weighted by Crippen LogP contribution is 2.36. The minimum absolute atomic E-state index is 0.192. The first-order valence-corrected chi connectivity index (χ1v) is 11.9. The number of nitrogens with zero attached hydrogens (tertiary/aromatic N) is 2. The maximum atomic E-state index is 13.2. The summed E-state index contributed by atoms with van der Waals surface area (Å²) in [5.41, 5.74) is 9.70. The number of para-hydroxylation sites is 3. The summed E-state index contributed by atoms with van der Waals surface area (Å²) < 4.78 is -1.79. The molecule has 4 N–H and O–H groups in total. The van der Waals surface area contributed by atoms with Gasteiger partial charge in [-0.2, -0.15) is 0 Å². The van der Waals surface area contributed by atoms with Gasteiger partial charge in [0.15, 0.2) is 11.3 Å². The fourth-order valence-corrected chi connectivity index (χ4v) is 5.06. The molecule has 2 heterocycles. The highest BCUT2D eigenvalue weighted by Gasteiger charge is 2.43. The van der Waals surface area contributed by atoms with Crippen LogP contribution in [0.3, 0.4) is 0 Å². The van der Waals surface area contributed by atoms with E-state index < -0.39 is 9.96 Å². The lowest BCUT2D eigenvalue weighted by atomic mass is 9.93. The molecule has 1 amide bonds. The zero-order valence-corrected chi connectivity index (χ0v) is 20.3. The summed E-state index contributed by atoms with van der Waals surface area (Å²) in [6.07, 6.45) is 0.455. The first-order valence-electron chi connectivity index (χ1n) is 10.4. The lowest BCUT2D eigenvalue weighted by molar-refractivity contribution is -0.126. The van der Waals surface area contributed by atoms with Gasteiger partial charge in [-0.3, -0.25) is 4.79 Å². The van der Waals surface area contributed by atoms with Gasteiger partial charge in [0.05, 0.1) is 17.3 Å². The molecule has 32 heavy (non-hydrogen) atoms. The summed E-state index contributed by atoms with van der Waals surface area (Å²) in [4.78, 5) is 16.9. The topological polar surface area (TPSA) is 73.6 Å². The van der Waals surface area contributed by atoms with E-state index in [0.717, 1.165) is 23.4 Å². The molecule has 0 saturated carbocycles. The highest BCUT2D eigenvalue weighted by atomic mass is 35.6. The van der Waals surface area contributed by atoms with E-state index in [2.05, 4.69) is 10.6 Å². The van der Waals surface area contributed by atoms with E-state index in [-0.39, 0.29) is 11.8 Å². The Morgan fingerprint density at radius 2 is 1.88 bits per heavy atom. The zero-order valence-electron chi connectivity index (χ0n) is 17.2. The smallest absolute Gasteiger partial charge is 0.228 e. The SMILES string of the molecule is Nc1ccccc1N1CCCN(C(NC(=O)C2CNc3ccccc3C2)C(Cl)(Cl)Cl)C1=S. The van der Waals surface area contributed by atoms with Crippen LogP contribution < -0.4 is 21.3 Å². The van der Waals surface area contributed by atoms with Crippen LogP contribution in [0.4, 0.5) is 17.1 Å². The lowest BCUT2D eigenvalue weighted by Crippen LogP contribution is -2.63. The number of benzene rings is 2. The zero-order chi connectivity index (χ0) is 22.9. The standard InChI is InChI=1S/C22H24Cl3N5OS/c23-22(24,25)20(28-19(31)15-12-14-6-1-3-8-17(14)27-13-15)30-11-5-10-29(21(30)32)18-9-4-2-7-16(18)26/h1-4,6-9,15,20,27H,5,10-13,26H2,(H,28,31). The van der Waals surface area contributed by atoms with Crippen molar-refractivity contribution in [2.24, 2.45) is 5.92 Å². The molecule has 4 rings (SSSR count). The molecule has 2 aromatic rings. The Bertz CT molecular complexity index is 1020. The lowest BCUT2D eigenvalue weighted by Gasteiger charge is -2.45. The number of nitrogen functional groups attached to an aromatic ring is 1. The van der Waals surface area contributed by atoms with E-state index in [1.807, 2.05) is 53.4 Å².